The van der Waals surface area contributed by atoms with Gasteiger partial charge in [0.05, 0.1) is 0 Å². The molecule has 50 heavy (non-hydrogen) atoms. The number of hydrogen-bond donors (Lipinski definition) is 0. The molecule has 0 aromatic heterocycles. The van der Waals surface area contributed by atoms with Gasteiger partial charge < -0.3 is 0 Å². The number of aryl methyl sites for hydroxylation is 4. The fourth-order valence-electron chi connectivity index (χ4n) is 8.24. The second kappa shape index (κ2) is 11.9. The van der Waals surface area contributed by atoms with Gasteiger partial charge in [0, 0.05) is 0 Å². The summed E-state index contributed by atoms with van der Waals surface area (Å²) in [5.74, 6) is 0. The van der Waals surface area contributed by atoms with Crippen LogP contribution in [-0.2, 0) is 0 Å². The molecule has 0 unspecified atom stereocenters. The molecule has 0 heterocycles. The van der Waals surface area contributed by atoms with Gasteiger partial charge in [-0.05, 0) is 156 Å². The summed E-state index contributed by atoms with van der Waals surface area (Å²) in [6.45, 7) is 9.03. The van der Waals surface area contributed by atoms with Gasteiger partial charge in [-0.2, -0.15) is 0 Å². The van der Waals surface area contributed by atoms with Crippen LogP contribution in [0.3, 0.4) is 0 Å². The molecule has 9 rings (SSSR count). The molecule has 9 aromatic carbocycles. The number of hydrogen-bond acceptors (Lipinski definition) is 0. The number of fused-ring (bicyclic) bond motifs is 6. The van der Waals surface area contributed by atoms with Crippen molar-refractivity contribution in [2.24, 2.45) is 0 Å². The van der Waals surface area contributed by atoms with Crippen LogP contribution in [0.1, 0.15) is 22.3 Å². The lowest BCUT2D eigenvalue weighted by molar-refractivity contribution is 1.38. The zero-order valence-electron chi connectivity index (χ0n) is 29.0. The molecule has 0 nitrogen and oxygen atoms in total. The maximum atomic E-state index is 2.39. The van der Waals surface area contributed by atoms with E-state index < -0.39 is 0 Å². The van der Waals surface area contributed by atoms with E-state index >= 15 is 0 Å². The fraction of sp³-hybridized carbons (Fsp3) is 0.0800. The highest BCUT2D eigenvalue weighted by atomic mass is 14.2. The van der Waals surface area contributed by atoms with Gasteiger partial charge in [-0.15, -0.1) is 0 Å². The van der Waals surface area contributed by atoms with Crippen molar-refractivity contribution in [3.63, 3.8) is 0 Å². The van der Waals surface area contributed by atoms with Gasteiger partial charge in [0.2, 0.25) is 0 Å². The predicted octanol–water partition coefficient (Wildman–Crippen LogP) is 14.2. The van der Waals surface area contributed by atoms with Gasteiger partial charge >= 0.3 is 0 Å². The highest BCUT2D eigenvalue weighted by molar-refractivity contribution is 6.15. The number of rotatable bonds is 4. The van der Waals surface area contributed by atoms with Gasteiger partial charge in [0.25, 0.3) is 0 Å². The molecule has 0 saturated heterocycles. The first kappa shape index (κ1) is 30.1. The van der Waals surface area contributed by atoms with E-state index in [9.17, 15) is 0 Å². The van der Waals surface area contributed by atoms with Crippen LogP contribution in [0.15, 0.2) is 158 Å². The topological polar surface area (TPSA) is 0 Å². The Morgan fingerprint density at radius 2 is 0.580 bits per heavy atom. The molecular formula is C50H38. The van der Waals surface area contributed by atoms with Crippen molar-refractivity contribution >= 4 is 43.1 Å². The SMILES string of the molecule is Cc1cc(-c2cc3ccccc3c3ccccc23)c(C)cc1-c1cccc(-c2cc(C)c(-c3cc4ccccc4c4ccccc34)cc2C)c1. The normalized spacial score (nSPS) is 11.6. The van der Waals surface area contributed by atoms with Crippen molar-refractivity contribution in [3.8, 4) is 44.5 Å². The smallest absolute Gasteiger partial charge is 0.00963 e. The second-order valence-electron chi connectivity index (χ2n) is 13.9. The van der Waals surface area contributed by atoms with Crippen LogP contribution in [0.25, 0.3) is 87.6 Å². The summed E-state index contributed by atoms with van der Waals surface area (Å²) >= 11 is 0. The minimum absolute atomic E-state index is 1.25. The Morgan fingerprint density at radius 3 is 1.02 bits per heavy atom. The summed E-state index contributed by atoms with van der Waals surface area (Å²) in [6.07, 6.45) is 0. The second-order valence-corrected chi connectivity index (χ2v) is 13.9. The van der Waals surface area contributed by atoms with Crippen molar-refractivity contribution in [3.05, 3.63) is 180 Å². The van der Waals surface area contributed by atoms with Crippen molar-refractivity contribution in [2.75, 3.05) is 0 Å². The van der Waals surface area contributed by atoms with Crippen molar-refractivity contribution < 1.29 is 0 Å². The predicted molar refractivity (Wildman–Crippen MR) is 217 cm³/mol. The summed E-state index contributed by atoms with van der Waals surface area (Å²) in [7, 11) is 0. The standard InChI is InChI=1S/C50H38/c1-31-26-47(49-29-37-14-5-7-18-39(37)41-20-9-11-22-43(41)49)33(3)24-45(31)35-16-13-17-36(28-35)46-25-34(4)48(27-32(46)2)50-30-38-15-6-8-19-40(38)42-21-10-12-23-44(42)50/h5-30H,1-4H3. The Bertz CT molecular complexity index is 2610. The highest BCUT2D eigenvalue weighted by Gasteiger charge is 2.16. The molecule has 0 amide bonds. The lowest BCUT2D eigenvalue weighted by atomic mass is 9.86. The lowest BCUT2D eigenvalue weighted by Crippen LogP contribution is -1.94. The third-order valence-electron chi connectivity index (χ3n) is 10.7. The Labute approximate surface area is 294 Å². The van der Waals surface area contributed by atoms with Crippen LogP contribution in [0, 0.1) is 27.7 Å². The van der Waals surface area contributed by atoms with E-state index in [2.05, 4.69) is 185 Å². The third-order valence-corrected chi connectivity index (χ3v) is 10.7. The molecule has 0 aliphatic carbocycles. The molecule has 0 fully saturated rings. The monoisotopic (exact) mass is 638 g/mol. The summed E-state index contributed by atoms with van der Waals surface area (Å²) < 4.78 is 0. The highest BCUT2D eigenvalue weighted by Crippen LogP contribution is 2.41. The van der Waals surface area contributed by atoms with E-state index in [1.54, 1.807) is 0 Å². The van der Waals surface area contributed by atoms with Crippen LogP contribution in [0.2, 0.25) is 0 Å². The van der Waals surface area contributed by atoms with E-state index in [4.69, 9.17) is 0 Å². The molecular weight excluding hydrogens is 601 g/mol. The van der Waals surface area contributed by atoms with E-state index in [0.717, 1.165) is 0 Å². The molecule has 0 bridgehead atoms. The molecule has 0 saturated carbocycles. The van der Waals surface area contributed by atoms with Gasteiger partial charge in [0.1, 0.15) is 0 Å². The molecule has 0 N–H and O–H groups in total. The summed E-state index contributed by atoms with van der Waals surface area (Å²) in [5, 5.41) is 10.4. The van der Waals surface area contributed by atoms with E-state index in [1.165, 1.54) is 110 Å². The molecule has 0 spiro atoms. The third kappa shape index (κ3) is 4.91. The zero-order chi connectivity index (χ0) is 33.9. The minimum atomic E-state index is 1.25. The molecule has 9 aromatic rings. The van der Waals surface area contributed by atoms with E-state index in [-0.39, 0.29) is 0 Å². The fourth-order valence-corrected chi connectivity index (χ4v) is 8.24. The maximum Gasteiger partial charge on any atom is -0.00963 e. The Kier molecular flexibility index (Phi) is 7.14. The van der Waals surface area contributed by atoms with Crippen LogP contribution in [0.5, 0.6) is 0 Å². The van der Waals surface area contributed by atoms with Gasteiger partial charge in [-0.3, -0.25) is 0 Å². The van der Waals surface area contributed by atoms with Crippen LogP contribution < -0.4 is 0 Å². The molecule has 0 atom stereocenters. The first-order chi connectivity index (χ1) is 24.4. The molecule has 238 valence electrons. The van der Waals surface area contributed by atoms with E-state index in [0.29, 0.717) is 0 Å². The molecule has 0 aliphatic rings. The molecule has 0 radical (unpaired) electrons. The van der Waals surface area contributed by atoms with Crippen LogP contribution in [-0.4, -0.2) is 0 Å². The van der Waals surface area contributed by atoms with Crippen LogP contribution >= 0.6 is 0 Å². The van der Waals surface area contributed by atoms with Gasteiger partial charge in [-0.25, -0.2) is 0 Å². The van der Waals surface area contributed by atoms with Crippen LogP contribution in [0.4, 0.5) is 0 Å². The van der Waals surface area contributed by atoms with E-state index in [1.807, 2.05) is 0 Å². The van der Waals surface area contributed by atoms with Crippen molar-refractivity contribution in [1.29, 1.82) is 0 Å². The number of benzene rings is 9. The minimum Gasteiger partial charge on any atom is -0.0616 e. The summed E-state index contributed by atoms with van der Waals surface area (Å²) in [6, 6.07) is 58.5. The largest absolute Gasteiger partial charge is 0.0616 e. The maximum absolute atomic E-state index is 2.39. The zero-order valence-corrected chi connectivity index (χ0v) is 29.0. The summed E-state index contributed by atoms with van der Waals surface area (Å²) in [5.41, 5.74) is 15.4. The average Bonchev–Trinajstić information content (AvgIpc) is 3.16. The summed E-state index contributed by atoms with van der Waals surface area (Å²) in [4.78, 5) is 0. The van der Waals surface area contributed by atoms with Crippen molar-refractivity contribution in [1.82, 2.24) is 0 Å². The molecule has 0 heteroatoms. The first-order valence-electron chi connectivity index (χ1n) is 17.6. The first-order valence-corrected chi connectivity index (χ1v) is 17.6. The molecule has 0 aliphatic heterocycles. The average molecular weight is 639 g/mol. The van der Waals surface area contributed by atoms with Gasteiger partial charge in [-0.1, -0.05) is 140 Å². The Hall–Kier alpha value is -5.98. The lowest BCUT2D eigenvalue weighted by Gasteiger charge is -2.18. The van der Waals surface area contributed by atoms with Gasteiger partial charge in [0.15, 0.2) is 0 Å². The quantitative estimate of drug-likeness (QED) is 0.168. The Balaban J connectivity index is 1.13. The Morgan fingerprint density at radius 1 is 0.240 bits per heavy atom. The van der Waals surface area contributed by atoms with Crippen molar-refractivity contribution in [2.45, 2.75) is 27.7 Å².